The summed E-state index contributed by atoms with van der Waals surface area (Å²) in [5.74, 6) is 0. The maximum absolute atomic E-state index is 3.96. The molecule has 16 heavy (non-hydrogen) atoms. The summed E-state index contributed by atoms with van der Waals surface area (Å²) in [5.41, 5.74) is 3.83. The Morgan fingerprint density at radius 1 is 1.19 bits per heavy atom. The number of rotatable bonds is 4. The first-order valence-corrected chi connectivity index (χ1v) is 5.45. The van der Waals surface area contributed by atoms with Gasteiger partial charge in [0.05, 0.1) is 0 Å². The van der Waals surface area contributed by atoms with Crippen molar-refractivity contribution in [1.82, 2.24) is 15.1 Å². The molecular formula is C13H17N3. The summed E-state index contributed by atoms with van der Waals surface area (Å²) in [4.78, 5) is 2.18. The Morgan fingerprint density at radius 2 is 2.00 bits per heavy atom. The Morgan fingerprint density at radius 3 is 2.69 bits per heavy atom. The minimum Gasteiger partial charge on any atom is -0.305 e. The van der Waals surface area contributed by atoms with Crippen LogP contribution in [0.5, 0.6) is 0 Å². The highest BCUT2D eigenvalue weighted by Crippen LogP contribution is 2.10. The predicted octanol–water partition coefficient (Wildman–Crippen LogP) is 2.06. The van der Waals surface area contributed by atoms with Crippen LogP contribution in [0, 0.1) is 0 Å². The molecule has 0 aliphatic carbocycles. The van der Waals surface area contributed by atoms with Crippen LogP contribution in [0.1, 0.15) is 16.8 Å². The SMILES string of the molecule is CN(C)Cc1cccc(Cc2ccn[nH]2)c1. The lowest BCUT2D eigenvalue weighted by Crippen LogP contribution is -2.10. The van der Waals surface area contributed by atoms with Crippen LogP contribution in [0.2, 0.25) is 0 Å². The molecule has 0 spiro atoms. The maximum Gasteiger partial charge on any atom is 0.0490 e. The van der Waals surface area contributed by atoms with E-state index in [-0.39, 0.29) is 0 Å². The van der Waals surface area contributed by atoms with E-state index in [4.69, 9.17) is 0 Å². The van der Waals surface area contributed by atoms with Gasteiger partial charge in [-0.15, -0.1) is 0 Å². The Hall–Kier alpha value is -1.61. The summed E-state index contributed by atoms with van der Waals surface area (Å²) < 4.78 is 0. The van der Waals surface area contributed by atoms with Crippen LogP contribution in [-0.2, 0) is 13.0 Å². The zero-order chi connectivity index (χ0) is 11.4. The number of nitrogens with zero attached hydrogens (tertiary/aromatic N) is 2. The lowest BCUT2D eigenvalue weighted by molar-refractivity contribution is 0.402. The molecule has 3 heteroatoms. The fourth-order valence-electron chi connectivity index (χ4n) is 1.81. The molecule has 0 amide bonds. The van der Waals surface area contributed by atoms with Gasteiger partial charge in [0.15, 0.2) is 0 Å². The topological polar surface area (TPSA) is 31.9 Å². The van der Waals surface area contributed by atoms with Crippen molar-refractivity contribution in [2.75, 3.05) is 14.1 Å². The first-order chi connectivity index (χ1) is 7.74. The van der Waals surface area contributed by atoms with Crippen molar-refractivity contribution < 1.29 is 0 Å². The molecule has 0 saturated carbocycles. The van der Waals surface area contributed by atoms with E-state index >= 15 is 0 Å². The number of benzene rings is 1. The molecule has 1 heterocycles. The molecule has 1 aromatic carbocycles. The van der Waals surface area contributed by atoms with E-state index in [2.05, 4.69) is 53.5 Å². The lowest BCUT2D eigenvalue weighted by Gasteiger charge is -2.10. The van der Waals surface area contributed by atoms with Gasteiger partial charge in [-0.3, -0.25) is 5.10 Å². The molecule has 0 saturated heterocycles. The Kier molecular flexibility index (Phi) is 3.37. The zero-order valence-electron chi connectivity index (χ0n) is 9.77. The summed E-state index contributed by atoms with van der Waals surface area (Å²) in [7, 11) is 4.17. The molecule has 1 aromatic heterocycles. The normalized spacial score (nSPS) is 10.9. The average Bonchev–Trinajstić information content (AvgIpc) is 2.70. The molecule has 2 rings (SSSR count). The van der Waals surface area contributed by atoms with Crippen molar-refractivity contribution >= 4 is 0 Å². The molecule has 0 aliphatic heterocycles. The molecule has 1 N–H and O–H groups in total. The summed E-state index contributed by atoms with van der Waals surface area (Å²) in [6.07, 6.45) is 2.71. The van der Waals surface area contributed by atoms with E-state index in [1.165, 1.54) is 11.1 Å². The van der Waals surface area contributed by atoms with Crippen LogP contribution in [0.25, 0.3) is 0 Å². The largest absolute Gasteiger partial charge is 0.305 e. The van der Waals surface area contributed by atoms with Gasteiger partial charge in [0.1, 0.15) is 0 Å². The fraction of sp³-hybridized carbons (Fsp3) is 0.308. The van der Waals surface area contributed by atoms with Crippen LogP contribution < -0.4 is 0 Å². The minimum atomic E-state index is 0.918. The minimum absolute atomic E-state index is 0.918. The fourth-order valence-corrected chi connectivity index (χ4v) is 1.81. The van der Waals surface area contributed by atoms with Gasteiger partial charge in [-0.25, -0.2) is 0 Å². The van der Waals surface area contributed by atoms with E-state index in [0.29, 0.717) is 0 Å². The number of aromatic nitrogens is 2. The zero-order valence-corrected chi connectivity index (χ0v) is 9.77. The third-order valence-corrected chi connectivity index (χ3v) is 2.44. The van der Waals surface area contributed by atoms with Crippen LogP contribution in [0.4, 0.5) is 0 Å². The maximum atomic E-state index is 3.96. The Labute approximate surface area is 96.1 Å². The number of hydrogen-bond donors (Lipinski definition) is 1. The average molecular weight is 215 g/mol. The van der Waals surface area contributed by atoms with E-state index in [1.54, 1.807) is 6.20 Å². The quantitative estimate of drug-likeness (QED) is 0.846. The highest BCUT2D eigenvalue weighted by Gasteiger charge is 2.00. The highest BCUT2D eigenvalue weighted by atomic mass is 15.1. The second kappa shape index (κ2) is 4.94. The van der Waals surface area contributed by atoms with Gasteiger partial charge in [0, 0.05) is 24.9 Å². The standard InChI is InChI=1S/C13H17N3/c1-16(2)10-12-5-3-4-11(8-12)9-13-6-7-14-15-13/h3-8H,9-10H2,1-2H3,(H,14,15). The molecule has 0 aliphatic rings. The molecule has 0 atom stereocenters. The summed E-state index contributed by atoms with van der Waals surface area (Å²) in [6.45, 7) is 0.983. The van der Waals surface area contributed by atoms with Crippen LogP contribution >= 0.6 is 0 Å². The molecule has 0 radical (unpaired) electrons. The Balaban J connectivity index is 2.10. The van der Waals surface area contributed by atoms with Crippen LogP contribution in [-0.4, -0.2) is 29.2 Å². The summed E-state index contributed by atoms with van der Waals surface area (Å²) in [5, 5.41) is 6.94. The second-order valence-corrected chi connectivity index (χ2v) is 4.32. The summed E-state index contributed by atoms with van der Waals surface area (Å²) in [6, 6.07) is 10.7. The predicted molar refractivity (Wildman–Crippen MR) is 65.2 cm³/mol. The van der Waals surface area contributed by atoms with E-state index in [0.717, 1.165) is 18.7 Å². The first kappa shape index (κ1) is 10.9. The first-order valence-electron chi connectivity index (χ1n) is 5.45. The van der Waals surface area contributed by atoms with Gasteiger partial charge in [0.2, 0.25) is 0 Å². The molecule has 3 nitrogen and oxygen atoms in total. The molecule has 0 fully saturated rings. The van der Waals surface area contributed by atoms with Crippen molar-refractivity contribution in [3.05, 3.63) is 53.3 Å². The smallest absolute Gasteiger partial charge is 0.0490 e. The third kappa shape index (κ3) is 2.94. The second-order valence-electron chi connectivity index (χ2n) is 4.32. The molecule has 0 unspecified atom stereocenters. The lowest BCUT2D eigenvalue weighted by atomic mass is 10.1. The van der Waals surface area contributed by atoms with Crippen molar-refractivity contribution in [2.24, 2.45) is 0 Å². The van der Waals surface area contributed by atoms with Gasteiger partial charge in [-0.2, -0.15) is 5.10 Å². The number of nitrogens with one attached hydrogen (secondary N) is 1. The number of aromatic amines is 1. The van der Waals surface area contributed by atoms with Crippen LogP contribution in [0.15, 0.2) is 36.5 Å². The van der Waals surface area contributed by atoms with E-state index in [1.807, 2.05) is 6.07 Å². The van der Waals surface area contributed by atoms with Gasteiger partial charge in [-0.05, 0) is 31.3 Å². The van der Waals surface area contributed by atoms with Crippen molar-refractivity contribution in [3.8, 4) is 0 Å². The molecular weight excluding hydrogens is 198 g/mol. The monoisotopic (exact) mass is 215 g/mol. The molecule has 2 aromatic rings. The third-order valence-electron chi connectivity index (χ3n) is 2.44. The van der Waals surface area contributed by atoms with Crippen molar-refractivity contribution in [1.29, 1.82) is 0 Å². The highest BCUT2D eigenvalue weighted by molar-refractivity contribution is 5.26. The number of hydrogen-bond acceptors (Lipinski definition) is 2. The van der Waals surface area contributed by atoms with Crippen molar-refractivity contribution in [2.45, 2.75) is 13.0 Å². The van der Waals surface area contributed by atoms with Gasteiger partial charge < -0.3 is 4.90 Å². The van der Waals surface area contributed by atoms with E-state index < -0.39 is 0 Å². The van der Waals surface area contributed by atoms with Gasteiger partial charge in [0.25, 0.3) is 0 Å². The van der Waals surface area contributed by atoms with E-state index in [9.17, 15) is 0 Å². The molecule has 0 bridgehead atoms. The van der Waals surface area contributed by atoms with Gasteiger partial charge >= 0.3 is 0 Å². The molecule has 84 valence electrons. The van der Waals surface area contributed by atoms with Crippen LogP contribution in [0.3, 0.4) is 0 Å². The van der Waals surface area contributed by atoms with Gasteiger partial charge in [-0.1, -0.05) is 24.3 Å². The summed E-state index contributed by atoms with van der Waals surface area (Å²) >= 11 is 0. The Bertz CT molecular complexity index is 432. The van der Waals surface area contributed by atoms with Crippen molar-refractivity contribution in [3.63, 3.8) is 0 Å². The number of H-pyrrole nitrogens is 1.